The summed E-state index contributed by atoms with van der Waals surface area (Å²) < 4.78 is 0. The summed E-state index contributed by atoms with van der Waals surface area (Å²) in [7, 11) is -0.237. The highest BCUT2D eigenvalue weighted by molar-refractivity contribution is 7.97. The molecule has 0 heterocycles. The van der Waals surface area contributed by atoms with E-state index in [-0.39, 0.29) is 10.9 Å². The third-order valence-electron chi connectivity index (χ3n) is 3.57. The van der Waals surface area contributed by atoms with E-state index in [1.54, 1.807) is 12.1 Å². The van der Waals surface area contributed by atoms with Crippen LogP contribution in [-0.2, 0) is 10.9 Å². The molecule has 0 aromatic heterocycles. The molecule has 0 saturated carbocycles. The number of hydrogen-bond donors (Lipinski definition) is 1. The number of carboxylic acids is 1. The first-order valence-corrected chi connectivity index (χ1v) is 8.57. The summed E-state index contributed by atoms with van der Waals surface area (Å²) in [5.74, 6) is -0.897. The zero-order valence-electron chi connectivity index (χ0n) is 12.8. The molecule has 0 amide bonds. The van der Waals surface area contributed by atoms with Gasteiger partial charge in [0.15, 0.2) is 14.7 Å². The van der Waals surface area contributed by atoms with Gasteiger partial charge in [-0.2, -0.15) is 0 Å². The normalized spacial score (nSPS) is 11.9. The fourth-order valence-electron chi connectivity index (χ4n) is 2.37. The van der Waals surface area contributed by atoms with Gasteiger partial charge < -0.3 is 5.11 Å². The largest absolute Gasteiger partial charge is 0.478 e. The molecule has 3 rings (SSSR count). The molecule has 0 bridgehead atoms. The summed E-state index contributed by atoms with van der Waals surface area (Å²) in [5.41, 5.74) is 1.54. The van der Waals surface area contributed by atoms with Gasteiger partial charge in [-0.05, 0) is 55.5 Å². The third kappa shape index (κ3) is 3.46. The number of carbonyl (C=O) groups is 1. The minimum absolute atomic E-state index is 0.237. The summed E-state index contributed by atoms with van der Waals surface area (Å²) in [4.78, 5) is 14.6. The lowest BCUT2D eigenvalue weighted by Gasteiger charge is -2.08. The highest BCUT2D eigenvalue weighted by atomic mass is 32.2. The molecule has 1 unspecified atom stereocenters. The van der Waals surface area contributed by atoms with Gasteiger partial charge in [-0.3, -0.25) is 0 Å². The fraction of sp³-hybridized carbons (Fsp3) is 0.0500. The maximum Gasteiger partial charge on any atom is 0.335 e. The van der Waals surface area contributed by atoms with Crippen molar-refractivity contribution in [2.24, 2.45) is 0 Å². The van der Waals surface area contributed by atoms with Crippen LogP contribution in [0.5, 0.6) is 0 Å². The van der Waals surface area contributed by atoms with Gasteiger partial charge in [-0.25, -0.2) is 4.79 Å². The Balaban J connectivity index is 2.08. The zero-order valence-corrected chi connectivity index (χ0v) is 13.6. The monoisotopic (exact) mass is 321 g/mol. The lowest BCUT2D eigenvalue weighted by atomic mass is 10.2. The smallest absolute Gasteiger partial charge is 0.335 e. The van der Waals surface area contributed by atoms with E-state index < -0.39 is 5.97 Å². The average molecular weight is 321 g/mol. The predicted molar refractivity (Wildman–Crippen MR) is 93.2 cm³/mol. The van der Waals surface area contributed by atoms with E-state index in [0.29, 0.717) is 5.56 Å². The van der Waals surface area contributed by atoms with Crippen molar-refractivity contribution in [3.05, 3.63) is 90.0 Å². The number of carboxylic acid groups (broad SMARTS) is 1. The quantitative estimate of drug-likeness (QED) is 0.702. The Hall–Kier alpha value is -2.52. The van der Waals surface area contributed by atoms with E-state index in [1.165, 1.54) is 15.4 Å². The van der Waals surface area contributed by atoms with Gasteiger partial charge in [0, 0.05) is 0 Å². The van der Waals surface area contributed by atoms with E-state index in [9.17, 15) is 4.79 Å². The van der Waals surface area contributed by atoms with Crippen molar-refractivity contribution >= 4 is 16.9 Å². The topological polar surface area (TPSA) is 37.3 Å². The second kappa shape index (κ2) is 6.71. The molecule has 1 N–H and O–H groups in total. The first-order valence-electron chi connectivity index (χ1n) is 7.34. The number of aryl methyl sites for hydroxylation is 1. The van der Waals surface area contributed by atoms with Crippen LogP contribution in [-0.4, -0.2) is 11.1 Å². The lowest BCUT2D eigenvalue weighted by molar-refractivity contribution is 0.0697. The molecular formula is C20H17O2S+. The van der Waals surface area contributed by atoms with Crippen LogP contribution >= 0.6 is 0 Å². The van der Waals surface area contributed by atoms with Crippen molar-refractivity contribution in [1.82, 2.24) is 0 Å². The molecule has 0 fully saturated rings. The van der Waals surface area contributed by atoms with Crippen LogP contribution < -0.4 is 0 Å². The molecule has 0 saturated heterocycles. The third-order valence-corrected chi connectivity index (χ3v) is 5.80. The number of hydrogen-bond acceptors (Lipinski definition) is 1. The highest BCUT2D eigenvalue weighted by Gasteiger charge is 2.28. The first-order chi connectivity index (χ1) is 11.1. The maximum atomic E-state index is 11.1. The number of benzene rings is 3. The van der Waals surface area contributed by atoms with E-state index >= 15 is 0 Å². The molecule has 0 aliphatic rings. The Kier molecular flexibility index (Phi) is 4.49. The second-order valence-electron chi connectivity index (χ2n) is 5.26. The molecule has 0 aliphatic carbocycles. The van der Waals surface area contributed by atoms with Crippen molar-refractivity contribution in [2.45, 2.75) is 21.6 Å². The molecule has 3 heteroatoms. The van der Waals surface area contributed by atoms with E-state index in [4.69, 9.17) is 5.11 Å². The van der Waals surface area contributed by atoms with E-state index in [2.05, 4.69) is 43.3 Å². The highest BCUT2D eigenvalue weighted by Crippen LogP contribution is 2.31. The molecular weight excluding hydrogens is 304 g/mol. The fourth-order valence-corrected chi connectivity index (χ4v) is 4.44. The van der Waals surface area contributed by atoms with Gasteiger partial charge in [0.05, 0.1) is 16.5 Å². The van der Waals surface area contributed by atoms with Crippen LogP contribution in [0.1, 0.15) is 15.9 Å². The number of aromatic carboxylic acids is 1. The van der Waals surface area contributed by atoms with Crippen LogP contribution in [0.25, 0.3) is 0 Å². The van der Waals surface area contributed by atoms with Gasteiger partial charge in [-0.1, -0.05) is 35.9 Å². The van der Waals surface area contributed by atoms with Crippen LogP contribution in [0.4, 0.5) is 0 Å². The molecule has 3 aromatic carbocycles. The van der Waals surface area contributed by atoms with Crippen LogP contribution in [0.2, 0.25) is 0 Å². The Morgan fingerprint density at radius 2 is 1.22 bits per heavy atom. The maximum absolute atomic E-state index is 11.1. The van der Waals surface area contributed by atoms with Gasteiger partial charge in [-0.15, -0.1) is 0 Å². The minimum Gasteiger partial charge on any atom is -0.478 e. The molecule has 0 aliphatic heterocycles. The van der Waals surface area contributed by atoms with Gasteiger partial charge in [0.25, 0.3) is 0 Å². The molecule has 0 spiro atoms. The van der Waals surface area contributed by atoms with Crippen LogP contribution in [0.3, 0.4) is 0 Å². The summed E-state index contributed by atoms with van der Waals surface area (Å²) in [5, 5.41) is 9.08. The Morgan fingerprint density at radius 1 is 0.739 bits per heavy atom. The minimum atomic E-state index is -0.897. The number of rotatable bonds is 4. The van der Waals surface area contributed by atoms with Crippen molar-refractivity contribution in [2.75, 3.05) is 0 Å². The van der Waals surface area contributed by atoms with Gasteiger partial charge in [0.1, 0.15) is 0 Å². The van der Waals surface area contributed by atoms with Crippen molar-refractivity contribution < 1.29 is 9.90 Å². The summed E-state index contributed by atoms with van der Waals surface area (Å²) in [6.45, 7) is 2.08. The van der Waals surface area contributed by atoms with Gasteiger partial charge >= 0.3 is 5.97 Å². The predicted octanol–water partition coefficient (Wildman–Crippen LogP) is 4.79. The summed E-state index contributed by atoms with van der Waals surface area (Å²) in [6.07, 6.45) is 0. The SMILES string of the molecule is Cc1ccc([S+](c2ccccc2)c2ccc(C(=O)O)cc2)cc1. The van der Waals surface area contributed by atoms with Crippen molar-refractivity contribution in [1.29, 1.82) is 0 Å². The Labute approximate surface area is 138 Å². The molecule has 0 radical (unpaired) electrons. The second-order valence-corrected chi connectivity index (χ2v) is 7.29. The molecule has 1 atom stereocenters. The Bertz CT molecular complexity index is 793. The average Bonchev–Trinajstić information content (AvgIpc) is 2.58. The molecule has 23 heavy (non-hydrogen) atoms. The molecule has 3 aromatic rings. The molecule has 114 valence electrons. The Morgan fingerprint density at radius 3 is 1.74 bits per heavy atom. The molecule has 2 nitrogen and oxygen atoms in total. The standard InChI is InChI=1S/C20H16O2S/c1-15-7-11-18(12-8-15)23(17-5-3-2-4-6-17)19-13-9-16(10-14-19)20(21)22/h2-14H,1H3/p+1. The lowest BCUT2D eigenvalue weighted by Crippen LogP contribution is -2.05. The zero-order chi connectivity index (χ0) is 16.2. The van der Waals surface area contributed by atoms with Crippen LogP contribution in [0.15, 0.2) is 93.5 Å². The first kappa shape index (κ1) is 15.4. The van der Waals surface area contributed by atoms with Crippen molar-refractivity contribution in [3.8, 4) is 0 Å². The van der Waals surface area contributed by atoms with E-state index in [0.717, 1.165) is 4.90 Å². The van der Waals surface area contributed by atoms with E-state index in [1.807, 2.05) is 30.3 Å². The van der Waals surface area contributed by atoms with Crippen molar-refractivity contribution in [3.63, 3.8) is 0 Å². The summed E-state index contributed by atoms with van der Waals surface area (Å²) >= 11 is 0. The summed E-state index contributed by atoms with van der Waals surface area (Å²) in [6, 6.07) is 26.0. The van der Waals surface area contributed by atoms with Crippen LogP contribution in [0, 0.1) is 6.92 Å². The van der Waals surface area contributed by atoms with Gasteiger partial charge in [0.2, 0.25) is 0 Å².